The van der Waals surface area contributed by atoms with E-state index in [1.54, 1.807) is 7.05 Å². The highest BCUT2D eigenvalue weighted by atomic mass is 16.2. The molecule has 0 saturated carbocycles. The molecule has 0 aromatic rings. The molecule has 0 aliphatic carbocycles. The standard InChI is InChI=1S/C9H14N2O3/c1-7(12)6-11-4-3-10(2)8(13)5-9(11)14/h3-6H2,1-2H3. The third-order valence-electron chi connectivity index (χ3n) is 2.20. The Balaban J connectivity index is 2.65. The largest absolute Gasteiger partial charge is 0.344 e. The summed E-state index contributed by atoms with van der Waals surface area (Å²) in [7, 11) is 1.66. The van der Waals surface area contributed by atoms with Gasteiger partial charge < -0.3 is 9.80 Å². The van der Waals surface area contributed by atoms with Crippen molar-refractivity contribution in [3.8, 4) is 0 Å². The minimum absolute atomic E-state index is 0.0599. The first kappa shape index (κ1) is 10.7. The molecule has 0 spiro atoms. The van der Waals surface area contributed by atoms with Crippen molar-refractivity contribution in [2.24, 2.45) is 0 Å². The summed E-state index contributed by atoms with van der Waals surface area (Å²) >= 11 is 0. The number of ketones is 1. The van der Waals surface area contributed by atoms with E-state index in [0.717, 1.165) is 0 Å². The second kappa shape index (κ2) is 4.21. The fraction of sp³-hybridized carbons (Fsp3) is 0.667. The minimum atomic E-state index is -0.255. The Morgan fingerprint density at radius 2 is 1.93 bits per heavy atom. The van der Waals surface area contributed by atoms with Gasteiger partial charge in [-0.3, -0.25) is 14.4 Å². The summed E-state index contributed by atoms with van der Waals surface area (Å²) in [6.07, 6.45) is -0.121. The predicted molar refractivity (Wildman–Crippen MR) is 49.5 cm³/mol. The molecular weight excluding hydrogens is 184 g/mol. The van der Waals surface area contributed by atoms with E-state index in [2.05, 4.69) is 0 Å². The lowest BCUT2D eigenvalue weighted by molar-refractivity contribution is -0.138. The van der Waals surface area contributed by atoms with Crippen molar-refractivity contribution in [2.45, 2.75) is 13.3 Å². The number of amides is 2. The van der Waals surface area contributed by atoms with Crippen LogP contribution in [0.1, 0.15) is 13.3 Å². The number of likely N-dealkylation sites (N-methyl/N-ethyl adjacent to an activating group) is 1. The first-order chi connectivity index (χ1) is 6.50. The third-order valence-corrected chi connectivity index (χ3v) is 2.20. The van der Waals surface area contributed by atoms with E-state index in [1.165, 1.54) is 16.7 Å². The Labute approximate surface area is 82.7 Å². The maximum Gasteiger partial charge on any atom is 0.232 e. The van der Waals surface area contributed by atoms with Gasteiger partial charge in [-0.15, -0.1) is 0 Å². The van der Waals surface area contributed by atoms with Crippen molar-refractivity contribution < 1.29 is 14.4 Å². The molecule has 1 rings (SSSR count). The van der Waals surface area contributed by atoms with E-state index >= 15 is 0 Å². The van der Waals surface area contributed by atoms with Gasteiger partial charge in [-0.25, -0.2) is 0 Å². The van der Waals surface area contributed by atoms with Gasteiger partial charge in [0.1, 0.15) is 12.2 Å². The average Bonchev–Trinajstić information content (AvgIpc) is 2.18. The molecule has 5 nitrogen and oxygen atoms in total. The summed E-state index contributed by atoms with van der Waals surface area (Å²) in [6, 6.07) is 0. The molecule has 1 heterocycles. The molecule has 0 radical (unpaired) electrons. The molecule has 1 fully saturated rings. The maximum atomic E-state index is 11.4. The van der Waals surface area contributed by atoms with E-state index in [-0.39, 0.29) is 30.6 Å². The van der Waals surface area contributed by atoms with Crippen molar-refractivity contribution >= 4 is 17.6 Å². The van der Waals surface area contributed by atoms with E-state index < -0.39 is 0 Å². The van der Waals surface area contributed by atoms with Gasteiger partial charge in [0.15, 0.2) is 0 Å². The van der Waals surface area contributed by atoms with Crippen LogP contribution in [0.3, 0.4) is 0 Å². The van der Waals surface area contributed by atoms with Crippen LogP contribution in [0.4, 0.5) is 0 Å². The zero-order valence-electron chi connectivity index (χ0n) is 8.45. The zero-order valence-corrected chi connectivity index (χ0v) is 8.45. The van der Waals surface area contributed by atoms with Gasteiger partial charge in [-0.2, -0.15) is 0 Å². The summed E-state index contributed by atoms with van der Waals surface area (Å²) in [5.74, 6) is -0.494. The monoisotopic (exact) mass is 198 g/mol. The zero-order chi connectivity index (χ0) is 10.7. The van der Waals surface area contributed by atoms with Crippen LogP contribution in [0.15, 0.2) is 0 Å². The lowest BCUT2D eigenvalue weighted by Gasteiger charge is -2.18. The van der Waals surface area contributed by atoms with E-state index in [4.69, 9.17) is 0 Å². The van der Waals surface area contributed by atoms with Crippen molar-refractivity contribution in [2.75, 3.05) is 26.7 Å². The fourth-order valence-corrected chi connectivity index (χ4v) is 1.33. The van der Waals surface area contributed by atoms with E-state index in [9.17, 15) is 14.4 Å². The quantitative estimate of drug-likeness (QED) is 0.549. The van der Waals surface area contributed by atoms with Crippen LogP contribution in [0.5, 0.6) is 0 Å². The van der Waals surface area contributed by atoms with Gasteiger partial charge in [0.05, 0.1) is 6.54 Å². The van der Waals surface area contributed by atoms with Gasteiger partial charge in [0.2, 0.25) is 11.8 Å². The number of hydrogen-bond acceptors (Lipinski definition) is 3. The molecule has 1 aliphatic rings. The topological polar surface area (TPSA) is 57.7 Å². The van der Waals surface area contributed by atoms with Gasteiger partial charge in [0, 0.05) is 20.1 Å². The molecule has 0 bridgehead atoms. The molecule has 5 heteroatoms. The van der Waals surface area contributed by atoms with Crippen molar-refractivity contribution in [1.82, 2.24) is 9.80 Å². The molecule has 14 heavy (non-hydrogen) atoms. The van der Waals surface area contributed by atoms with Crippen molar-refractivity contribution in [1.29, 1.82) is 0 Å². The highest BCUT2D eigenvalue weighted by Gasteiger charge is 2.24. The Morgan fingerprint density at radius 1 is 1.29 bits per heavy atom. The summed E-state index contributed by atoms with van der Waals surface area (Å²) in [4.78, 5) is 36.5. The smallest absolute Gasteiger partial charge is 0.232 e. The summed E-state index contributed by atoms with van der Waals surface area (Å²) in [5.41, 5.74) is 0. The SMILES string of the molecule is CC(=O)CN1CCN(C)C(=O)CC1=O. The number of rotatable bonds is 2. The molecular formula is C9H14N2O3. The number of carbonyl (C=O) groups excluding carboxylic acids is 3. The first-order valence-corrected chi connectivity index (χ1v) is 4.52. The third kappa shape index (κ3) is 2.55. The van der Waals surface area contributed by atoms with Gasteiger partial charge in [-0.05, 0) is 6.92 Å². The molecule has 0 atom stereocenters. The van der Waals surface area contributed by atoms with Crippen LogP contribution in [0, 0.1) is 0 Å². The Bertz CT molecular complexity index is 275. The first-order valence-electron chi connectivity index (χ1n) is 4.52. The minimum Gasteiger partial charge on any atom is -0.344 e. The molecule has 0 N–H and O–H groups in total. The van der Waals surface area contributed by atoms with Crippen LogP contribution in [-0.4, -0.2) is 54.1 Å². The number of hydrogen-bond donors (Lipinski definition) is 0. The molecule has 2 amide bonds. The van der Waals surface area contributed by atoms with E-state index in [0.29, 0.717) is 13.1 Å². The Kier molecular flexibility index (Phi) is 3.22. The number of carbonyl (C=O) groups is 3. The van der Waals surface area contributed by atoms with Crippen LogP contribution in [0.2, 0.25) is 0 Å². The Morgan fingerprint density at radius 3 is 2.50 bits per heavy atom. The maximum absolute atomic E-state index is 11.4. The molecule has 0 unspecified atom stereocenters. The lowest BCUT2D eigenvalue weighted by atomic mass is 10.3. The lowest BCUT2D eigenvalue weighted by Crippen LogP contribution is -2.36. The molecule has 0 aromatic heterocycles. The second-order valence-corrected chi connectivity index (χ2v) is 3.51. The number of Topliss-reactive ketones (excluding diaryl/α,β-unsaturated/α-hetero) is 1. The summed E-state index contributed by atoms with van der Waals surface area (Å²) in [5, 5.41) is 0. The van der Waals surface area contributed by atoms with Crippen LogP contribution >= 0.6 is 0 Å². The van der Waals surface area contributed by atoms with Crippen LogP contribution in [-0.2, 0) is 14.4 Å². The molecule has 1 saturated heterocycles. The fourth-order valence-electron chi connectivity index (χ4n) is 1.33. The van der Waals surface area contributed by atoms with Gasteiger partial charge >= 0.3 is 0 Å². The van der Waals surface area contributed by atoms with Crippen LogP contribution in [0.25, 0.3) is 0 Å². The molecule has 0 aromatic carbocycles. The van der Waals surface area contributed by atoms with Gasteiger partial charge in [0.25, 0.3) is 0 Å². The normalized spacial score (nSPS) is 18.4. The average molecular weight is 198 g/mol. The predicted octanol–water partition coefficient (Wildman–Crippen LogP) is -0.734. The Hall–Kier alpha value is -1.39. The summed E-state index contributed by atoms with van der Waals surface area (Å²) < 4.78 is 0. The highest BCUT2D eigenvalue weighted by molar-refractivity contribution is 5.98. The summed E-state index contributed by atoms with van der Waals surface area (Å²) in [6.45, 7) is 2.49. The highest BCUT2D eigenvalue weighted by Crippen LogP contribution is 2.04. The molecule has 78 valence electrons. The van der Waals surface area contributed by atoms with Gasteiger partial charge in [-0.1, -0.05) is 0 Å². The van der Waals surface area contributed by atoms with Crippen molar-refractivity contribution in [3.05, 3.63) is 0 Å². The molecule has 1 aliphatic heterocycles. The van der Waals surface area contributed by atoms with E-state index in [1.807, 2.05) is 0 Å². The number of nitrogens with zero attached hydrogens (tertiary/aromatic N) is 2. The second-order valence-electron chi connectivity index (χ2n) is 3.51. The van der Waals surface area contributed by atoms with Crippen LogP contribution < -0.4 is 0 Å². The van der Waals surface area contributed by atoms with Crippen molar-refractivity contribution in [3.63, 3.8) is 0 Å².